The lowest BCUT2D eigenvalue weighted by molar-refractivity contribution is -0.161. The van der Waals surface area contributed by atoms with Crippen LogP contribution in [-0.4, -0.2) is 96.7 Å². The zero-order valence-corrected chi connectivity index (χ0v) is 69.8. The Labute approximate surface area is 638 Å². The summed E-state index contributed by atoms with van der Waals surface area (Å²) in [6.07, 6.45) is 73.9. The molecule has 0 aromatic carbocycles. The largest absolute Gasteiger partial charge is 0.472 e. The Bertz CT molecular complexity index is 1960. The standard InChI is InChI=1S/C85H166O17P2/c1-5-9-13-17-21-24-27-30-33-36-38-39-41-44-47-50-53-56-60-64-68-72-85(90)102-81(76-96-83(88)70-66-62-58-54-51-48-45-43-40-37-34-31-28-25-22-18-14-10-6-2)78-100-104(93,94)98-74-79(86)73-97-103(91,92)99-77-80(75-95-82(87)69-65-61-57-20-16-12-8-4)101-84(89)71-67-63-59-55-52-49-46-42-35-32-29-26-23-19-15-11-7-3/h79-81,86H,5-78H2,1-4H3,(H,91,92)(H,93,94)/t79-,80+,81+/m0/s1. The van der Waals surface area contributed by atoms with Crippen molar-refractivity contribution < 1.29 is 80.2 Å². The minimum absolute atomic E-state index is 0.109. The van der Waals surface area contributed by atoms with E-state index < -0.39 is 97.5 Å². The zero-order valence-electron chi connectivity index (χ0n) is 68.0. The van der Waals surface area contributed by atoms with Crippen molar-refractivity contribution in [3.63, 3.8) is 0 Å². The molecule has 0 heterocycles. The van der Waals surface area contributed by atoms with E-state index >= 15 is 0 Å². The lowest BCUT2D eigenvalue weighted by Crippen LogP contribution is -2.30. The SMILES string of the molecule is CCCCCCCCCCCCCCCCCCCCCCCC(=O)O[C@H](COC(=O)CCCCCCCCCCCCCCCCCCCCC)COP(=O)(O)OC[C@@H](O)COP(=O)(O)OC[C@@H](COC(=O)CCCCCCCCC)OC(=O)CCCCCCCCCCCCCCCCCCC. The van der Waals surface area contributed by atoms with Crippen LogP contribution in [-0.2, 0) is 65.4 Å². The normalized spacial score (nSPS) is 13.7. The molecule has 0 saturated carbocycles. The van der Waals surface area contributed by atoms with Gasteiger partial charge in [0.1, 0.15) is 19.3 Å². The number of hydrogen-bond acceptors (Lipinski definition) is 15. The van der Waals surface area contributed by atoms with E-state index in [4.69, 9.17) is 37.0 Å². The van der Waals surface area contributed by atoms with Crippen molar-refractivity contribution in [3.8, 4) is 0 Å². The maximum atomic E-state index is 13.1. The predicted octanol–water partition coefficient (Wildman–Crippen LogP) is 26.1. The molecule has 618 valence electrons. The molecule has 0 saturated heterocycles. The average Bonchev–Trinajstić information content (AvgIpc) is 0.929. The summed E-state index contributed by atoms with van der Waals surface area (Å²) in [6.45, 7) is 5.01. The highest BCUT2D eigenvalue weighted by molar-refractivity contribution is 7.47. The molecule has 0 aromatic rings. The van der Waals surface area contributed by atoms with Gasteiger partial charge < -0.3 is 33.8 Å². The van der Waals surface area contributed by atoms with Gasteiger partial charge in [0.05, 0.1) is 26.4 Å². The molecule has 0 aliphatic heterocycles. The fraction of sp³-hybridized carbons (Fsp3) is 0.953. The van der Waals surface area contributed by atoms with Crippen LogP contribution in [0.3, 0.4) is 0 Å². The van der Waals surface area contributed by atoms with Crippen LogP contribution < -0.4 is 0 Å². The minimum Gasteiger partial charge on any atom is -0.462 e. The van der Waals surface area contributed by atoms with Crippen LogP contribution in [0.1, 0.15) is 464 Å². The summed E-state index contributed by atoms with van der Waals surface area (Å²) in [5, 5.41) is 10.6. The first-order chi connectivity index (χ1) is 50.7. The number of phosphoric acid groups is 2. The van der Waals surface area contributed by atoms with Crippen molar-refractivity contribution in [3.05, 3.63) is 0 Å². The van der Waals surface area contributed by atoms with Gasteiger partial charge in [-0.2, -0.15) is 0 Å². The summed E-state index contributed by atoms with van der Waals surface area (Å²) in [5.74, 6) is -2.10. The maximum Gasteiger partial charge on any atom is 0.472 e. The van der Waals surface area contributed by atoms with Gasteiger partial charge in [-0.1, -0.05) is 413 Å². The van der Waals surface area contributed by atoms with E-state index in [1.807, 2.05) is 0 Å². The summed E-state index contributed by atoms with van der Waals surface area (Å²) < 4.78 is 68.7. The van der Waals surface area contributed by atoms with Crippen LogP contribution in [0.15, 0.2) is 0 Å². The quantitative estimate of drug-likeness (QED) is 0.0222. The van der Waals surface area contributed by atoms with Crippen LogP contribution in [0.4, 0.5) is 0 Å². The summed E-state index contributed by atoms with van der Waals surface area (Å²) in [7, 11) is -9.92. The third kappa shape index (κ3) is 78.2. The number of phosphoric ester groups is 2. The minimum atomic E-state index is -4.96. The van der Waals surface area contributed by atoms with Crippen molar-refractivity contribution in [1.29, 1.82) is 0 Å². The van der Waals surface area contributed by atoms with Crippen molar-refractivity contribution in [2.24, 2.45) is 0 Å². The number of unbranched alkanes of at least 4 members (excludes halogenated alkanes) is 60. The number of aliphatic hydroxyl groups is 1. The maximum absolute atomic E-state index is 13.1. The van der Waals surface area contributed by atoms with Crippen molar-refractivity contribution >= 4 is 39.5 Å². The summed E-state index contributed by atoms with van der Waals surface area (Å²) >= 11 is 0. The highest BCUT2D eigenvalue weighted by Crippen LogP contribution is 2.45. The number of aliphatic hydroxyl groups excluding tert-OH is 1. The molecule has 0 amide bonds. The molecule has 5 atom stereocenters. The average molecular weight is 1520 g/mol. The van der Waals surface area contributed by atoms with Gasteiger partial charge in [0.15, 0.2) is 12.2 Å². The van der Waals surface area contributed by atoms with Gasteiger partial charge in [-0.15, -0.1) is 0 Å². The first-order valence-corrected chi connectivity index (χ1v) is 47.3. The molecule has 0 radical (unpaired) electrons. The Morgan fingerprint density at radius 3 is 0.567 bits per heavy atom. The molecule has 0 fully saturated rings. The Balaban J connectivity index is 5.16. The van der Waals surface area contributed by atoms with Crippen LogP contribution in [0.5, 0.6) is 0 Å². The van der Waals surface area contributed by atoms with Gasteiger partial charge in [-0.25, -0.2) is 9.13 Å². The van der Waals surface area contributed by atoms with E-state index in [0.29, 0.717) is 25.7 Å². The van der Waals surface area contributed by atoms with E-state index in [2.05, 4.69) is 27.7 Å². The summed E-state index contributed by atoms with van der Waals surface area (Å²) in [4.78, 5) is 73.0. The third-order valence-corrected chi connectivity index (χ3v) is 22.0. The molecule has 0 bridgehead atoms. The predicted molar refractivity (Wildman–Crippen MR) is 428 cm³/mol. The molecule has 0 spiro atoms. The first-order valence-electron chi connectivity index (χ1n) is 44.3. The molecule has 0 aromatic heterocycles. The van der Waals surface area contributed by atoms with E-state index in [9.17, 15) is 43.2 Å². The molecule has 3 N–H and O–H groups in total. The van der Waals surface area contributed by atoms with Gasteiger partial charge in [0.25, 0.3) is 0 Å². The number of ether oxygens (including phenoxy) is 4. The Morgan fingerprint density at radius 2 is 0.385 bits per heavy atom. The number of rotatable bonds is 86. The van der Waals surface area contributed by atoms with E-state index in [-0.39, 0.29) is 25.7 Å². The lowest BCUT2D eigenvalue weighted by atomic mass is 10.0. The molecular formula is C85H166O17P2. The molecular weight excluding hydrogens is 1350 g/mol. The molecule has 19 heteroatoms. The van der Waals surface area contributed by atoms with Crippen molar-refractivity contribution in [2.75, 3.05) is 39.6 Å². The van der Waals surface area contributed by atoms with Gasteiger partial charge in [0, 0.05) is 25.7 Å². The molecule has 0 rings (SSSR count). The Morgan fingerprint density at radius 1 is 0.231 bits per heavy atom. The van der Waals surface area contributed by atoms with Crippen LogP contribution in [0.25, 0.3) is 0 Å². The smallest absolute Gasteiger partial charge is 0.462 e. The second kappa shape index (κ2) is 79.2. The number of esters is 4. The highest BCUT2D eigenvalue weighted by atomic mass is 31.2. The van der Waals surface area contributed by atoms with Crippen LogP contribution in [0, 0.1) is 0 Å². The topological polar surface area (TPSA) is 237 Å². The highest BCUT2D eigenvalue weighted by Gasteiger charge is 2.30. The number of carbonyl (C=O) groups is 4. The zero-order chi connectivity index (χ0) is 76.0. The Hall–Kier alpha value is -1.94. The fourth-order valence-corrected chi connectivity index (χ4v) is 14.9. The molecule has 17 nitrogen and oxygen atoms in total. The Kier molecular flexibility index (Phi) is 77.7. The van der Waals surface area contributed by atoms with Gasteiger partial charge >= 0.3 is 39.5 Å². The van der Waals surface area contributed by atoms with Gasteiger partial charge in [0.2, 0.25) is 0 Å². The lowest BCUT2D eigenvalue weighted by Gasteiger charge is -2.21. The second-order valence-electron chi connectivity index (χ2n) is 30.6. The van der Waals surface area contributed by atoms with Crippen LogP contribution in [0.2, 0.25) is 0 Å². The fourth-order valence-electron chi connectivity index (χ4n) is 13.3. The van der Waals surface area contributed by atoms with Crippen LogP contribution >= 0.6 is 15.6 Å². The van der Waals surface area contributed by atoms with E-state index in [1.54, 1.807) is 0 Å². The van der Waals surface area contributed by atoms with E-state index in [0.717, 1.165) is 103 Å². The van der Waals surface area contributed by atoms with E-state index in [1.165, 1.54) is 283 Å². The van der Waals surface area contributed by atoms with Gasteiger partial charge in [-0.05, 0) is 25.7 Å². The molecule has 0 aliphatic carbocycles. The summed E-state index contributed by atoms with van der Waals surface area (Å²) in [5.41, 5.74) is 0. The number of hydrogen-bond donors (Lipinski definition) is 3. The second-order valence-corrected chi connectivity index (χ2v) is 33.5. The monoisotopic (exact) mass is 1520 g/mol. The number of carbonyl (C=O) groups excluding carboxylic acids is 4. The third-order valence-electron chi connectivity index (χ3n) is 20.1. The van der Waals surface area contributed by atoms with Gasteiger partial charge in [-0.3, -0.25) is 37.3 Å². The molecule has 104 heavy (non-hydrogen) atoms. The first kappa shape index (κ1) is 102. The van der Waals surface area contributed by atoms with Crippen molar-refractivity contribution in [2.45, 2.75) is 483 Å². The summed E-state index contributed by atoms with van der Waals surface area (Å²) in [6, 6.07) is 0. The van der Waals surface area contributed by atoms with Crippen molar-refractivity contribution in [1.82, 2.24) is 0 Å². The molecule has 0 aliphatic rings. The molecule has 2 unspecified atom stereocenters.